The third kappa shape index (κ3) is 7.03. The number of amidine groups is 2. The topological polar surface area (TPSA) is 80.3 Å². The molecule has 0 atom stereocenters. The summed E-state index contributed by atoms with van der Waals surface area (Å²) in [6.07, 6.45) is -0.497. The molecule has 1 aliphatic rings. The number of thiophene rings is 1. The Labute approximate surface area is 396 Å². The lowest BCUT2D eigenvalue weighted by Crippen LogP contribution is -2.36. The molecule has 4 heterocycles. The molecule has 3 aromatic heterocycles. The van der Waals surface area contributed by atoms with Gasteiger partial charge in [-0.1, -0.05) is 164 Å². The minimum Gasteiger partial charge on any atom is -0.324 e. The number of hydrogen-bond donors (Lipinski definition) is 1. The van der Waals surface area contributed by atoms with Gasteiger partial charge in [-0.25, -0.2) is 24.9 Å². The van der Waals surface area contributed by atoms with E-state index in [1.165, 1.54) is 20.2 Å². The summed E-state index contributed by atoms with van der Waals surface area (Å²) in [6, 6.07) is 78.3. The summed E-state index contributed by atoms with van der Waals surface area (Å²) in [6.45, 7) is 0. The van der Waals surface area contributed by atoms with Crippen molar-refractivity contribution >= 4 is 65.0 Å². The zero-order valence-corrected chi connectivity index (χ0v) is 37.3. The van der Waals surface area contributed by atoms with Crippen molar-refractivity contribution in [1.29, 1.82) is 0 Å². The van der Waals surface area contributed by atoms with Gasteiger partial charge in [-0.05, 0) is 71.8 Å². The van der Waals surface area contributed by atoms with Crippen LogP contribution < -0.4 is 5.32 Å². The summed E-state index contributed by atoms with van der Waals surface area (Å²) < 4.78 is 4.80. The lowest BCUT2D eigenvalue weighted by Gasteiger charge is -2.23. The average Bonchev–Trinajstić information content (AvgIpc) is 3.96. The number of benzene rings is 9. The summed E-state index contributed by atoms with van der Waals surface area (Å²) >= 11 is 1.80. The van der Waals surface area contributed by atoms with Crippen LogP contribution in [0.2, 0.25) is 0 Å². The van der Waals surface area contributed by atoms with Crippen molar-refractivity contribution < 1.29 is 0 Å². The van der Waals surface area contributed by atoms with Crippen LogP contribution in [0.25, 0.3) is 93.0 Å². The van der Waals surface area contributed by atoms with Gasteiger partial charge in [0.05, 0.1) is 11.0 Å². The van der Waals surface area contributed by atoms with E-state index in [-0.39, 0.29) is 0 Å². The van der Waals surface area contributed by atoms with Gasteiger partial charge in [-0.15, -0.1) is 11.3 Å². The largest absolute Gasteiger partial charge is 0.324 e. The fourth-order valence-corrected chi connectivity index (χ4v) is 10.5. The number of nitrogens with zero attached hydrogens (tertiary/aromatic N) is 6. The lowest BCUT2D eigenvalue weighted by atomic mass is 9.98. The molecule has 68 heavy (non-hydrogen) atoms. The predicted molar refractivity (Wildman–Crippen MR) is 281 cm³/mol. The molecule has 7 nitrogen and oxygen atoms in total. The molecule has 12 aromatic rings. The van der Waals surface area contributed by atoms with E-state index in [1.807, 2.05) is 97.1 Å². The molecule has 13 rings (SSSR count). The molecule has 0 unspecified atom stereocenters. The van der Waals surface area contributed by atoms with Crippen LogP contribution >= 0.6 is 11.3 Å². The van der Waals surface area contributed by atoms with Crippen LogP contribution in [0.3, 0.4) is 0 Å². The molecule has 0 aliphatic carbocycles. The molecule has 8 heteroatoms. The molecule has 0 saturated heterocycles. The lowest BCUT2D eigenvalue weighted by molar-refractivity contribution is 0.762. The Morgan fingerprint density at radius 1 is 0.368 bits per heavy atom. The van der Waals surface area contributed by atoms with Gasteiger partial charge in [-0.3, -0.25) is 0 Å². The first-order valence-corrected chi connectivity index (χ1v) is 23.5. The van der Waals surface area contributed by atoms with Crippen molar-refractivity contribution in [3.8, 4) is 51.0 Å². The zero-order chi connectivity index (χ0) is 45.0. The van der Waals surface area contributed by atoms with Crippen LogP contribution in [-0.4, -0.2) is 31.2 Å². The molecular weight excluding hydrogens is 851 g/mol. The summed E-state index contributed by atoms with van der Waals surface area (Å²) in [4.78, 5) is 25.7. The van der Waals surface area contributed by atoms with Gasteiger partial charge < -0.3 is 9.88 Å². The quantitative estimate of drug-likeness (QED) is 0.165. The van der Waals surface area contributed by atoms with Gasteiger partial charge in [0, 0.05) is 70.0 Å². The fourth-order valence-electron chi connectivity index (χ4n) is 9.46. The second kappa shape index (κ2) is 16.5. The molecule has 0 spiro atoms. The van der Waals surface area contributed by atoms with E-state index in [0.717, 1.165) is 83.7 Å². The van der Waals surface area contributed by atoms with E-state index >= 15 is 0 Å². The van der Waals surface area contributed by atoms with Gasteiger partial charge in [-0.2, -0.15) is 0 Å². The standard InChI is InChI=1S/C60H39N7S/c1-6-17-38(18-7-1)55-61-56(39-19-8-2-9-20-39)64-59(63-55)44-31-34-53-48(37-44)47-35-43(30-33-52(47)68-53)42-29-32-50-49(36-42)54-46(27-16-28-51(54)67(50)45-25-14-5-15-26-45)60-65-57(40-21-10-3-11-22-40)62-58(66-60)41-23-12-4-13-24-41/h1-37,60H,(H,62,65,66). The van der Waals surface area contributed by atoms with Crippen LogP contribution in [0.5, 0.6) is 0 Å². The normalized spacial score (nSPS) is 12.9. The van der Waals surface area contributed by atoms with E-state index in [0.29, 0.717) is 17.5 Å². The smallest absolute Gasteiger partial charge is 0.170 e. The number of para-hydroxylation sites is 1. The fraction of sp³-hybridized carbons (Fsp3) is 0.0167. The second-order valence-corrected chi connectivity index (χ2v) is 18.0. The Morgan fingerprint density at radius 2 is 0.824 bits per heavy atom. The van der Waals surface area contributed by atoms with Gasteiger partial charge in [0.2, 0.25) is 0 Å². The Bertz CT molecular complexity index is 3810. The number of aliphatic imine (C=N–C) groups is 2. The zero-order valence-electron chi connectivity index (χ0n) is 36.5. The highest BCUT2D eigenvalue weighted by atomic mass is 32.1. The molecule has 0 fully saturated rings. The molecule has 320 valence electrons. The third-order valence-electron chi connectivity index (χ3n) is 12.7. The number of aromatic nitrogens is 4. The van der Waals surface area contributed by atoms with Crippen LogP contribution in [-0.2, 0) is 0 Å². The van der Waals surface area contributed by atoms with Crippen LogP contribution in [0, 0.1) is 0 Å². The minimum atomic E-state index is -0.497. The van der Waals surface area contributed by atoms with Crippen LogP contribution in [0.1, 0.15) is 22.9 Å². The van der Waals surface area contributed by atoms with E-state index in [9.17, 15) is 0 Å². The highest BCUT2D eigenvalue weighted by molar-refractivity contribution is 7.25. The first kappa shape index (κ1) is 39.5. The van der Waals surface area contributed by atoms with Crippen molar-refractivity contribution in [1.82, 2.24) is 24.8 Å². The Hall–Kier alpha value is -8.85. The predicted octanol–water partition coefficient (Wildman–Crippen LogP) is 14.5. The van der Waals surface area contributed by atoms with Gasteiger partial charge in [0.25, 0.3) is 0 Å². The summed E-state index contributed by atoms with van der Waals surface area (Å²) in [7, 11) is 0. The van der Waals surface area contributed by atoms with E-state index < -0.39 is 6.17 Å². The van der Waals surface area contributed by atoms with Gasteiger partial charge >= 0.3 is 0 Å². The number of rotatable bonds is 8. The maximum atomic E-state index is 5.34. The summed E-state index contributed by atoms with van der Waals surface area (Å²) in [5.74, 6) is 3.51. The average molecular weight is 890 g/mol. The van der Waals surface area contributed by atoms with Crippen molar-refractivity contribution in [2.24, 2.45) is 9.98 Å². The van der Waals surface area contributed by atoms with Crippen LogP contribution in [0.15, 0.2) is 234 Å². The first-order valence-electron chi connectivity index (χ1n) is 22.7. The molecular formula is C60H39N7S. The van der Waals surface area contributed by atoms with Crippen molar-refractivity contribution in [3.05, 3.63) is 241 Å². The molecule has 0 saturated carbocycles. The monoisotopic (exact) mass is 889 g/mol. The minimum absolute atomic E-state index is 0.497. The summed E-state index contributed by atoms with van der Waals surface area (Å²) in [5, 5.41) is 8.20. The number of hydrogen-bond acceptors (Lipinski definition) is 7. The maximum absolute atomic E-state index is 5.34. The SMILES string of the molecule is c1ccc(C2=NC(c3cccc4c3c3cc(-c5ccc6sc7ccc(-c8nc(-c9ccccc9)nc(-c9ccccc9)n8)cc7c6c5)ccc3n4-c3ccccc3)N=C(c3ccccc3)N2)cc1. The summed E-state index contributed by atoms with van der Waals surface area (Å²) in [5.41, 5.74) is 11.5. The molecule has 1 aliphatic heterocycles. The first-order chi connectivity index (χ1) is 33.7. The highest BCUT2D eigenvalue weighted by Gasteiger charge is 2.25. The molecule has 9 aromatic carbocycles. The Morgan fingerprint density at radius 3 is 1.38 bits per heavy atom. The van der Waals surface area contributed by atoms with Crippen LogP contribution in [0.4, 0.5) is 0 Å². The molecule has 0 bridgehead atoms. The third-order valence-corrected chi connectivity index (χ3v) is 13.9. The molecule has 0 amide bonds. The Kier molecular flexibility index (Phi) is 9.61. The Balaban J connectivity index is 0.970. The van der Waals surface area contributed by atoms with Crippen molar-refractivity contribution in [2.75, 3.05) is 0 Å². The van der Waals surface area contributed by atoms with Crippen molar-refractivity contribution in [3.63, 3.8) is 0 Å². The van der Waals surface area contributed by atoms with E-state index in [4.69, 9.17) is 24.9 Å². The van der Waals surface area contributed by atoms with Gasteiger partial charge in [0.1, 0.15) is 11.7 Å². The maximum Gasteiger partial charge on any atom is 0.170 e. The number of nitrogens with one attached hydrogen (secondary N) is 1. The molecule has 1 N–H and O–H groups in total. The van der Waals surface area contributed by atoms with Gasteiger partial charge in [0.15, 0.2) is 23.6 Å². The number of fused-ring (bicyclic) bond motifs is 6. The molecule has 0 radical (unpaired) electrons. The highest BCUT2D eigenvalue weighted by Crippen LogP contribution is 2.42. The van der Waals surface area contributed by atoms with E-state index in [2.05, 4.69) is 137 Å². The van der Waals surface area contributed by atoms with E-state index in [1.54, 1.807) is 11.3 Å². The van der Waals surface area contributed by atoms with Crippen molar-refractivity contribution in [2.45, 2.75) is 6.17 Å². The second-order valence-electron chi connectivity index (χ2n) is 16.9.